The zero-order chi connectivity index (χ0) is 14.9. The Kier molecular flexibility index (Phi) is 3.90. The maximum absolute atomic E-state index is 11.8. The molecule has 0 amide bonds. The van der Waals surface area contributed by atoms with Crippen LogP contribution in [0.25, 0.3) is 0 Å². The molecule has 0 radical (unpaired) electrons. The first kappa shape index (κ1) is 14.3. The second-order valence-electron chi connectivity index (χ2n) is 5.05. The van der Waals surface area contributed by atoms with Gasteiger partial charge in [0.2, 0.25) is 0 Å². The Bertz CT molecular complexity index is 744. The second-order valence-corrected chi connectivity index (χ2v) is 5.05. The summed E-state index contributed by atoms with van der Waals surface area (Å²) >= 11 is 0. The molecule has 20 heavy (non-hydrogen) atoms. The molecule has 0 fully saturated rings. The Morgan fingerprint density at radius 3 is 2.50 bits per heavy atom. The Balaban J connectivity index is 2.33. The zero-order valence-corrected chi connectivity index (χ0v) is 11.8. The predicted octanol–water partition coefficient (Wildman–Crippen LogP) is 0.897. The van der Waals surface area contributed by atoms with Gasteiger partial charge >= 0.3 is 11.1 Å². The third kappa shape index (κ3) is 2.72. The first-order valence-corrected chi connectivity index (χ1v) is 6.41. The van der Waals surface area contributed by atoms with Crippen molar-refractivity contribution in [1.29, 1.82) is 0 Å². The summed E-state index contributed by atoms with van der Waals surface area (Å²) in [6.45, 7) is 3.96. The van der Waals surface area contributed by atoms with Crippen LogP contribution in [-0.2, 0) is 13.6 Å². The molecule has 0 aliphatic heterocycles. The van der Waals surface area contributed by atoms with Gasteiger partial charge < -0.3 is 14.2 Å². The average Bonchev–Trinajstić information content (AvgIpc) is 2.39. The lowest BCUT2D eigenvalue weighted by Gasteiger charge is -2.15. The average molecular weight is 274 g/mol. The van der Waals surface area contributed by atoms with Gasteiger partial charge in [0, 0.05) is 19.4 Å². The molecule has 5 heteroatoms. The molecular weight excluding hydrogens is 256 g/mol. The third-order valence-electron chi connectivity index (χ3n) is 3.39. The van der Waals surface area contributed by atoms with Crippen LogP contribution in [0.15, 0.2) is 40.2 Å². The highest BCUT2D eigenvalue weighted by atomic mass is 16.3. The third-order valence-corrected chi connectivity index (χ3v) is 3.39. The number of benzene rings is 1. The van der Waals surface area contributed by atoms with Gasteiger partial charge in [-0.2, -0.15) is 0 Å². The molecule has 2 aromatic rings. The lowest BCUT2D eigenvalue weighted by molar-refractivity contribution is 0.154. The van der Waals surface area contributed by atoms with Crippen molar-refractivity contribution in [2.24, 2.45) is 7.05 Å². The quantitative estimate of drug-likeness (QED) is 0.846. The summed E-state index contributed by atoms with van der Waals surface area (Å²) in [5, 5.41) is 10.3. The fraction of sp³-hybridized carbons (Fsp3) is 0.333. The minimum Gasteiger partial charge on any atom is -0.387 e. The highest BCUT2D eigenvalue weighted by Crippen LogP contribution is 2.19. The van der Waals surface area contributed by atoms with Crippen LogP contribution in [0.5, 0.6) is 0 Å². The molecule has 1 aromatic carbocycles. The number of rotatable bonds is 3. The van der Waals surface area contributed by atoms with Gasteiger partial charge in [-0.15, -0.1) is 0 Å². The number of aromatic nitrogens is 2. The summed E-state index contributed by atoms with van der Waals surface area (Å²) in [6, 6.07) is 5.74. The number of hydrogen-bond donors (Lipinski definition) is 1. The molecule has 0 spiro atoms. The van der Waals surface area contributed by atoms with Crippen LogP contribution in [0, 0.1) is 13.8 Å². The smallest absolute Gasteiger partial charge is 0.316 e. The molecule has 0 saturated heterocycles. The normalized spacial score (nSPS) is 12.4. The molecule has 5 nitrogen and oxygen atoms in total. The molecule has 1 N–H and O–H groups in total. The summed E-state index contributed by atoms with van der Waals surface area (Å²) in [7, 11) is 1.52. The van der Waals surface area contributed by atoms with Crippen molar-refractivity contribution in [3.05, 3.63) is 68.0 Å². The molecular formula is C15H18N2O3. The van der Waals surface area contributed by atoms with Gasteiger partial charge in [0.1, 0.15) is 0 Å². The van der Waals surface area contributed by atoms with Gasteiger partial charge in [-0.05, 0) is 25.0 Å². The Hall–Kier alpha value is -2.14. The van der Waals surface area contributed by atoms with Crippen LogP contribution in [-0.4, -0.2) is 14.2 Å². The molecule has 2 rings (SSSR count). The zero-order valence-electron chi connectivity index (χ0n) is 11.8. The van der Waals surface area contributed by atoms with Crippen LogP contribution in [0.1, 0.15) is 22.8 Å². The van der Waals surface area contributed by atoms with E-state index in [0.717, 1.165) is 16.7 Å². The van der Waals surface area contributed by atoms with Gasteiger partial charge in [0.25, 0.3) is 0 Å². The monoisotopic (exact) mass is 274 g/mol. The summed E-state index contributed by atoms with van der Waals surface area (Å²) in [6.07, 6.45) is 2.20. The second kappa shape index (κ2) is 5.46. The summed E-state index contributed by atoms with van der Waals surface area (Å²) < 4.78 is 2.47. The summed E-state index contributed by atoms with van der Waals surface area (Å²) in [4.78, 5) is 23.4. The molecule has 0 bridgehead atoms. The minimum absolute atomic E-state index is 0.0683. The van der Waals surface area contributed by atoms with Gasteiger partial charge in [-0.1, -0.05) is 23.8 Å². The van der Waals surface area contributed by atoms with Crippen molar-refractivity contribution >= 4 is 0 Å². The Labute approximate surface area is 116 Å². The number of aryl methyl sites for hydroxylation is 3. The van der Waals surface area contributed by atoms with Crippen molar-refractivity contribution in [2.45, 2.75) is 26.5 Å². The van der Waals surface area contributed by atoms with Crippen LogP contribution in [0.2, 0.25) is 0 Å². The molecule has 0 aliphatic carbocycles. The lowest BCUT2D eigenvalue weighted by atomic mass is 10.0. The van der Waals surface area contributed by atoms with Crippen LogP contribution < -0.4 is 11.1 Å². The Morgan fingerprint density at radius 1 is 1.15 bits per heavy atom. The van der Waals surface area contributed by atoms with E-state index in [9.17, 15) is 14.7 Å². The fourth-order valence-electron chi connectivity index (χ4n) is 2.22. The molecule has 106 valence electrons. The van der Waals surface area contributed by atoms with E-state index in [2.05, 4.69) is 0 Å². The van der Waals surface area contributed by atoms with Gasteiger partial charge in [0.15, 0.2) is 0 Å². The van der Waals surface area contributed by atoms with Gasteiger partial charge in [-0.25, -0.2) is 0 Å². The summed E-state index contributed by atoms with van der Waals surface area (Å²) in [5.74, 6) is 0. The molecule has 0 aliphatic rings. The first-order chi connectivity index (χ1) is 9.40. The van der Waals surface area contributed by atoms with Crippen LogP contribution in [0.4, 0.5) is 0 Å². The number of nitrogens with zero attached hydrogens (tertiary/aromatic N) is 2. The first-order valence-electron chi connectivity index (χ1n) is 6.41. The predicted molar refractivity (Wildman–Crippen MR) is 76.8 cm³/mol. The lowest BCUT2D eigenvalue weighted by Crippen LogP contribution is -2.40. The van der Waals surface area contributed by atoms with Crippen molar-refractivity contribution in [3.63, 3.8) is 0 Å². The van der Waals surface area contributed by atoms with Crippen molar-refractivity contribution in [1.82, 2.24) is 9.13 Å². The highest BCUT2D eigenvalue weighted by Gasteiger charge is 2.13. The largest absolute Gasteiger partial charge is 0.387 e. The maximum Gasteiger partial charge on any atom is 0.316 e. The molecule has 1 aromatic heterocycles. The van der Waals surface area contributed by atoms with Gasteiger partial charge in [0.05, 0.1) is 12.6 Å². The minimum atomic E-state index is -0.819. The van der Waals surface area contributed by atoms with E-state index >= 15 is 0 Å². The molecule has 1 heterocycles. The van der Waals surface area contributed by atoms with Crippen LogP contribution >= 0.6 is 0 Å². The van der Waals surface area contributed by atoms with E-state index in [1.807, 2.05) is 32.0 Å². The van der Waals surface area contributed by atoms with Crippen molar-refractivity contribution in [3.8, 4) is 0 Å². The Morgan fingerprint density at radius 2 is 1.85 bits per heavy atom. The van der Waals surface area contributed by atoms with E-state index in [-0.39, 0.29) is 6.54 Å². The number of aliphatic hydroxyl groups excluding tert-OH is 1. The molecule has 0 saturated carbocycles. The topological polar surface area (TPSA) is 64.2 Å². The van der Waals surface area contributed by atoms with Gasteiger partial charge in [-0.3, -0.25) is 9.59 Å². The van der Waals surface area contributed by atoms with E-state index in [1.165, 1.54) is 28.6 Å². The van der Waals surface area contributed by atoms with Crippen molar-refractivity contribution < 1.29 is 5.11 Å². The number of aliphatic hydroxyl groups is 1. The van der Waals surface area contributed by atoms with Crippen molar-refractivity contribution in [2.75, 3.05) is 0 Å². The standard InChI is InChI=1S/C15H18N2O3/c1-10-4-5-12(11(2)8-10)13(18)9-17-7-6-16(3)14(19)15(17)20/h4-8,13,18H,9H2,1-3H3. The van der Waals surface area contributed by atoms with E-state index in [0.29, 0.717) is 0 Å². The molecule has 1 unspecified atom stereocenters. The molecule has 1 atom stereocenters. The highest BCUT2D eigenvalue weighted by molar-refractivity contribution is 5.31. The van der Waals surface area contributed by atoms with E-state index in [1.54, 1.807) is 0 Å². The maximum atomic E-state index is 11.8. The van der Waals surface area contributed by atoms with E-state index < -0.39 is 17.2 Å². The fourth-order valence-corrected chi connectivity index (χ4v) is 2.22. The SMILES string of the molecule is Cc1ccc(C(O)Cn2ccn(C)c(=O)c2=O)c(C)c1. The van der Waals surface area contributed by atoms with Crippen LogP contribution in [0.3, 0.4) is 0 Å². The number of hydrogen-bond acceptors (Lipinski definition) is 3. The van der Waals surface area contributed by atoms with E-state index in [4.69, 9.17) is 0 Å². The summed E-state index contributed by atoms with van der Waals surface area (Å²) in [5.41, 5.74) is 1.63.